The highest BCUT2D eigenvalue weighted by Crippen LogP contribution is 2.38. The molecule has 214 valence electrons. The van der Waals surface area contributed by atoms with Crippen LogP contribution in [0.5, 0.6) is 0 Å². The SMILES string of the molecule is Cc1ccc(C(=O)Nc2cc(N(C)CCN(C)C)c(C)c(C(F)(F)F)c2)cc1N1C=C(c2cnn(C)c2C)NN1. The average molecular weight is 557 g/mol. The lowest BCUT2D eigenvalue weighted by Crippen LogP contribution is -2.36. The maximum Gasteiger partial charge on any atom is 0.416 e. The number of carbonyl (C=O) groups excluding carboxylic acids is 1. The summed E-state index contributed by atoms with van der Waals surface area (Å²) in [6, 6.07) is 7.71. The maximum atomic E-state index is 13.9. The lowest BCUT2D eigenvalue weighted by Gasteiger charge is -2.26. The van der Waals surface area contributed by atoms with Crippen LogP contribution >= 0.6 is 0 Å². The summed E-state index contributed by atoms with van der Waals surface area (Å²) in [7, 11) is 7.41. The quantitative estimate of drug-likeness (QED) is 0.379. The molecule has 1 aliphatic rings. The van der Waals surface area contributed by atoms with Crippen LogP contribution in [0, 0.1) is 20.8 Å². The largest absolute Gasteiger partial charge is 0.416 e. The molecule has 0 saturated carbocycles. The number of carbonyl (C=O) groups is 1. The van der Waals surface area contributed by atoms with Gasteiger partial charge in [-0.3, -0.25) is 14.5 Å². The number of amides is 1. The summed E-state index contributed by atoms with van der Waals surface area (Å²) in [6.45, 7) is 6.51. The van der Waals surface area contributed by atoms with Crippen LogP contribution in [0.4, 0.5) is 30.2 Å². The summed E-state index contributed by atoms with van der Waals surface area (Å²) in [6.07, 6.45) is -0.942. The van der Waals surface area contributed by atoms with Crippen molar-refractivity contribution in [2.45, 2.75) is 26.9 Å². The van der Waals surface area contributed by atoms with Gasteiger partial charge < -0.3 is 20.5 Å². The van der Waals surface area contributed by atoms with Crippen molar-refractivity contribution in [3.05, 3.63) is 76.2 Å². The number of nitrogens with zero attached hydrogens (tertiary/aromatic N) is 5. The van der Waals surface area contributed by atoms with Gasteiger partial charge in [0.05, 0.1) is 23.1 Å². The van der Waals surface area contributed by atoms with Gasteiger partial charge in [-0.2, -0.15) is 18.3 Å². The third kappa shape index (κ3) is 6.07. The number of hydrogen-bond acceptors (Lipinski definition) is 7. The van der Waals surface area contributed by atoms with Crippen molar-refractivity contribution in [2.75, 3.05) is 49.5 Å². The Morgan fingerprint density at radius 3 is 2.42 bits per heavy atom. The van der Waals surface area contributed by atoms with E-state index in [-0.39, 0.29) is 11.3 Å². The number of halogens is 3. The molecule has 0 atom stereocenters. The molecule has 0 saturated heterocycles. The van der Waals surface area contributed by atoms with Crippen LogP contribution in [0.1, 0.15) is 38.3 Å². The fourth-order valence-corrected chi connectivity index (χ4v) is 4.49. The molecule has 40 heavy (non-hydrogen) atoms. The van der Waals surface area contributed by atoms with Crippen molar-refractivity contribution >= 4 is 28.7 Å². The minimum atomic E-state index is -4.57. The number of alkyl halides is 3. The molecule has 1 aliphatic heterocycles. The van der Waals surface area contributed by atoms with Gasteiger partial charge in [0.2, 0.25) is 0 Å². The fourth-order valence-electron chi connectivity index (χ4n) is 4.49. The van der Waals surface area contributed by atoms with Crippen LogP contribution < -0.4 is 26.2 Å². The summed E-state index contributed by atoms with van der Waals surface area (Å²) in [5, 5.41) is 8.71. The number of aromatic nitrogens is 2. The van der Waals surface area contributed by atoms with E-state index in [1.807, 2.05) is 46.1 Å². The fraction of sp³-hybridized carbons (Fsp3) is 0.357. The molecule has 0 aliphatic carbocycles. The van der Waals surface area contributed by atoms with Gasteiger partial charge in [-0.15, -0.1) is 5.53 Å². The van der Waals surface area contributed by atoms with Crippen LogP contribution in [0.3, 0.4) is 0 Å². The molecule has 2 aromatic carbocycles. The summed E-state index contributed by atoms with van der Waals surface area (Å²) in [5.41, 5.74) is 10.6. The van der Waals surface area contributed by atoms with E-state index >= 15 is 0 Å². The second-order valence-corrected chi connectivity index (χ2v) is 10.3. The third-order valence-corrected chi connectivity index (χ3v) is 7.06. The Hall–Kier alpha value is -4.03. The van der Waals surface area contributed by atoms with Crippen molar-refractivity contribution in [3.63, 3.8) is 0 Å². The molecule has 12 heteroatoms. The molecular weight excluding hydrogens is 521 g/mol. The Morgan fingerprint density at radius 2 is 1.80 bits per heavy atom. The van der Waals surface area contributed by atoms with Crippen molar-refractivity contribution in [1.82, 2.24) is 25.6 Å². The molecule has 3 N–H and O–H groups in total. The topological polar surface area (TPSA) is 80.7 Å². The van der Waals surface area contributed by atoms with Gasteiger partial charge >= 0.3 is 6.18 Å². The van der Waals surface area contributed by atoms with Gasteiger partial charge in [0.15, 0.2) is 0 Å². The standard InChI is InChI=1S/C28H35F3N8O/c1-17-8-9-20(12-25(17)39-16-24(34-35-39)22-15-32-38(7)19(22)3)27(40)33-21-13-23(28(29,30)31)18(2)26(14-21)37(6)11-10-36(4)5/h8-9,12-16,34-35H,10-11H2,1-7H3,(H,33,40). The number of anilines is 3. The number of likely N-dealkylation sites (N-methyl/N-ethyl adjacent to an activating group) is 2. The first-order valence-corrected chi connectivity index (χ1v) is 12.8. The zero-order chi connectivity index (χ0) is 29.4. The van der Waals surface area contributed by atoms with E-state index < -0.39 is 17.6 Å². The molecule has 0 unspecified atom stereocenters. The van der Waals surface area contributed by atoms with E-state index in [0.29, 0.717) is 30.0 Å². The second kappa shape index (κ2) is 11.2. The molecule has 1 amide bonds. The van der Waals surface area contributed by atoms with E-state index in [2.05, 4.69) is 21.4 Å². The lowest BCUT2D eigenvalue weighted by atomic mass is 10.0. The highest BCUT2D eigenvalue weighted by atomic mass is 19.4. The van der Waals surface area contributed by atoms with Gasteiger partial charge in [-0.05, 0) is 70.3 Å². The molecule has 4 rings (SSSR count). The van der Waals surface area contributed by atoms with Crippen molar-refractivity contribution in [1.29, 1.82) is 0 Å². The number of hydrazine groups is 2. The van der Waals surface area contributed by atoms with Gasteiger partial charge in [-0.25, -0.2) is 0 Å². The van der Waals surface area contributed by atoms with Crippen molar-refractivity contribution in [2.24, 2.45) is 7.05 Å². The minimum absolute atomic E-state index is 0.0759. The predicted octanol–water partition coefficient (Wildman–Crippen LogP) is 4.44. The first-order valence-electron chi connectivity index (χ1n) is 12.8. The predicted molar refractivity (Wildman–Crippen MR) is 152 cm³/mol. The highest BCUT2D eigenvalue weighted by Gasteiger charge is 2.34. The van der Waals surface area contributed by atoms with Crippen LogP contribution in [0.2, 0.25) is 0 Å². The molecule has 2 heterocycles. The average Bonchev–Trinajstić information content (AvgIpc) is 3.49. The zero-order valence-electron chi connectivity index (χ0n) is 23.7. The Balaban J connectivity index is 1.61. The molecule has 0 bridgehead atoms. The number of benzene rings is 2. The Labute approximate surface area is 232 Å². The Bertz CT molecular complexity index is 1440. The normalized spacial score (nSPS) is 13.5. The Morgan fingerprint density at radius 1 is 1.07 bits per heavy atom. The summed E-state index contributed by atoms with van der Waals surface area (Å²) >= 11 is 0. The van der Waals surface area contributed by atoms with E-state index in [9.17, 15) is 18.0 Å². The smallest absolute Gasteiger partial charge is 0.373 e. The van der Waals surface area contributed by atoms with Crippen LogP contribution in [0.25, 0.3) is 5.70 Å². The molecule has 0 fully saturated rings. The van der Waals surface area contributed by atoms with Crippen molar-refractivity contribution in [3.8, 4) is 0 Å². The van der Waals surface area contributed by atoms with Crippen LogP contribution in [-0.2, 0) is 13.2 Å². The van der Waals surface area contributed by atoms with Crippen LogP contribution in [-0.4, -0.2) is 54.8 Å². The summed E-state index contributed by atoms with van der Waals surface area (Å²) in [5.74, 6) is -0.514. The number of nitrogens with one attached hydrogen (secondary N) is 3. The molecular formula is C28H35F3N8O. The first-order chi connectivity index (χ1) is 18.8. The maximum absolute atomic E-state index is 13.9. The molecule has 0 spiro atoms. The van der Waals surface area contributed by atoms with E-state index in [0.717, 1.165) is 28.6 Å². The summed E-state index contributed by atoms with van der Waals surface area (Å²) in [4.78, 5) is 17.0. The van der Waals surface area contributed by atoms with Gasteiger partial charge in [0, 0.05) is 61.6 Å². The van der Waals surface area contributed by atoms with Crippen molar-refractivity contribution < 1.29 is 18.0 Å². The van der Waals surface area contributed by atoms with Gasteiger partial charge in [0.1, 0.15) is 0 Å². The lowest BCUT2D eigenvalue weighted by molar-refractivity contribution is -0.138. The minimum Gasteiger partial charge on any atom is -0.373 e. The van der Waals surface area contributed by atoms with E-state index in [4.69, 9.17) is 0 Å². The first kappa shape index (κ1) is 29.0. The monoisotopic (exact) mass is 556 g/mol. The number of hydrogen-bond donors (Lipinski definition) is 3. The third-order valence-electron chi connectivity index (χ3n) is 7.06. The van der Waals surface area contributed by atoms with E-state index in [1.54, 1.807) is 52.1 Å². The second-order valence-electron chi connectivity index (χ2n) is 10.3. The van der Waals surface area contributed by atoms with E-state index in [1.165, 1.54) is 6.92 Å². The molecule has 9 nitrogen and oxygen atoms in total. The molecule has 1 aromatic heterocycles. The molecule has 3 aromatic rings. The van der Waals surface area contributed by atoms with Gasteiger partial charge in [0.25, 0.3) is 5.91 Å². The van der Waals surface area contributed by atoms with Crippen LogP contribution in [0.15, 0.2) is 42.7 Å². The highest BCUT2D eigenvalue weighted by molar-refractivity contribution is 6.05. The number of aryl methyl sites for hydroxylation is 2. The Kier molecular flexibility index (Phi) is 8.13. The van der Waals surface area contributed by atoms with Gasteiger partial charge in [-0.1, -0.05) is 6.07 Å². The number of rotatable bonds is 8. The summed E-state index contributed by atoms with van der Waals surface area (Å²) < 4.78 is 43.6. The molecule has 0 radical (unpaired) electrons. The zero-order valence-corrected chi connectivity index (χ0v) is 23.7.